The molecule has 1 aromatic heterocycles. The molecule has 2 aromatic carbocycles. The van der Waals surface area contributed by atoms with Crippen molar-refractivity contribution < 1.29 is 5.11 Å². The van der Waals surface area contributed by atoms with Crippen molar-refractivity contribution in [1.29, 1.82) is 0 Å². The maximum absolute atomic E-state index is 9.36. The van der Waals surface area contributed by atoms with E-state index in [-0.39, 0.29) is 17.8 Å². The summed E-state index contributed by atoms with van der Waals surface area (Å²) in [7, 11) is 0. The average molecular weight is 392 g/mol. The van der Waals surface area contributed by atoms with Gasteiger partial charge in [-0.2, -0.15) is 0 Å². The number of benzene rings is 2. The van der Waals surface area contributed by atoms with Gasteiger partial charge in [-0.15, -0.1) is 0 Å². The van der Waals surface area contributed by atoms with Crippen LogP contribution in [-0.2, 0) is 13.0 Å². The zero-order chi connectivity index (χ0) is 20.6. The summed E-state index contributed by atoms with van der Waals surface area (Å²) in [6.45, 7) is 5.58. The standard InChI is InChI=1S/C23H29N5O/c1-16(24)17(2)27-15-19-4-3-5-20(14-19)22-11-13-26-23(28-22)25-12-10-18-6-8-21(29)9-7-18/h3-9,11,13-14,16-17,27,29H,10,12,15,24H2,1-2H3,(H,25,26,28). The van der Waals surface area contributed by atoms with Gasteiger partial charge in [0.15, 0.2) is 0 Å². The third-order valence-corrected chi connectivity index (χ3v) is 4.93. The van der Waals surface area contributed by atoms with E-state index in [1.54, 1.807) is 18.3 Å². The maximum Gasteiger partial charge on any atom is 0.223 e. The number of aromatic nitrogens is 2. The Morgan fingerprint density at radius 3 is 2.59 bits per heavy atom. The molecule has 2 unspecified atom stereocenters. The molecule has 0 radical (unpaired) electrons. The lowest BCUT2D eigenvalue weighted by atomic mass is 10.1. The van der Waals surface area contributed by atoms with Crippen molar-refractivity contribution in [2.24, 2.45) is 5.73 Å². The third-order valence-electron chi connectivity index (χ3n) is 4.93. The Morgan fingerprint density at radius 1 is 1.03 bits per heavy atom. The van der Waals surface area contributed by atoms with Gasteiger partial charge in [0.25, 0.3) is 0 Å². The van der Waals surface area contributed by atoms with Crippen LogP contribution in [0.25, 0.3) is 11.3 Å². The summed E-state index contributed by atoms with van der Waals surface area (Å²) in [5.74, 6) is 0.887. The van der Waals surface area contributed by atoms with Crippen LogP contribution in [-0.4, -0.2) is 33.7 Å². The van der Waals surface area contributed by atoms with Gasteiger partial charge in [-0.25, -0.2) is 9.97 Å². The topological polar surface area (TPSA) is 96.1 Å². The molecule has 0 spiro atoms. The fourth-order valence-corrected chi connectivity index (χ4v) is 2.89. The molecule has 6 heteroatoms. The Hall–Kier alpha value is -2.96. The minimum absolute atomic E-state index is 0.107. The lowest BCUT2D eigenvalue weighted by molar-refractivity contribution is 0.475. The van der Waals surface area contributed by atoms with Crippen LogP contribution in [0, 0.1) is 0 Å². The molecule has 5 N–H and O–H groups in total. The van der Waals surface area contributed by atoms with E-state index in [2.05, 4.69) is 45.7 Å². The van der Waals surface area contributed by atoms with E-state index in [1.807, 2.05) is 31.2 Å². The van der Waals surface area contributed by atoms with Crippen molar-refractivity contribution in [2.45, 2.75) is 38.9 Å². The summed E-state index contributed by atoms with van der Waals surface area (Å²) in [6.07, 6.45) is 2.60. The van der Waals surface area contributed by atoms with E-state index in [0.29, 0.717) is 12.5 Å². The molecular formula is C23H29N5O. The normalized spacial score (nSPS) is 13.1. The predicted octanol–water partition coefficient (Wildman–Crippen LogP) is 3.33. The molecule has 0 aliphatic carbocycles. The fourth-order valence-electron chi connectivity index (χ4n) is 2.89. The molecule has 0 amide bonds. The van der Waals surface area contributed by atoms with Crippen molar-refractivity contribution in [3.63, 3.8) is 0 Å². The summed E-state index contributed by atoms with van der Waals surface area (Å²) < 4.78 is 0. The van der Waals surface area contributed by atoms with Crippen LogP contribution in [0.2, 0.25) is 0 Å². The molecule has 3 aromatic rings. The van der Waals surface area contributed by atoms with Crippen LogP contribution < -0.4 is 16.4 Å². The highest BCUT2D eigenvalue weighted by molar-refractivity contribution is 5.60. The van der Waals surface area contributed by atoms with E-state index >= 15 is 0 Å². The van der Waals surface area contributed by atoms with Gasteiger partial charge in [-0.1, -0.05) is 30.3 Å². The Kier molecular flexibility index (Phi) is 7.16. The smallest absolute Gasteiger partial charge is 0.223 e. The molecule has 2 atom stereocenters. The number of hydrogen-bond acceptors (Lipinski definition) is 6. The first-order valence-electron chi connectivity index (χ1n) is 9.94. The first-order valence-corrected chi connectivity index (χ1v) is 9.94. The van der Waals surface area contributed by atoms with Crippen molar-refractivity contribution >= 4 is 5.95 Å². The molecule has 0 aliphatic heterocycles. The second-order valence-corrected chi connectivity index (χ2v) is 7.34. The molecule has 0 aliphatic rings. The van der Waals surface area contributed by atoms with Crippen molar-refractivity contribution in [2.75, 3.05) is 11.9 Å². The quantitative estimate of drug-likeness (QED) is 0.447. The number of hydrogen-bond donors (Lipinski definition) is 4. The molecule has 0 bridgehead atoms. The predicted molar refractivity (Wildman–Crippen MR) is 118 cm³/mol. The van der Waals surface area contributed by atoms with E-state index < -0.39 is 0 Å². The Balaban J connectivity index is 1.61. The highest BCUT2D eigenvalue weighted by atomic mass is 16.3. The Bertz CT molecular complexity index is 911. The number of phenols is 1. The van der Waals surface area contributed by atoms with Gasteiger partial charge in [0.2, 0.25) is 5.95 Å². The maximum atomic E-state index is 9.36. The van der Waals surface area contributed by atoms with E-state index in [4.69, 9.17) is 5.73 Å². The number of aromatic hydroxyl groups is 1. The van der Waals surface area contributed by atoms with E-state index in [9.17, 15) is 5.11 Å². The molecule has 29 heavy (non-hydrogen) atoms. The van der Waals surface area contributed by atoms with Crippen LogP contribution in [0.1, 0.15) is 25.0 Å². The molecule has 3 rings (SSSR count). The van der Waals surface area contributed by atoms with Gasteiger partial charge in [-0.05, 0) is 55.7 Å². The van der Waals surface area contributed by atoms with Crippen molar-refractivity contribution in [1.82, 2.24) is 15.3 Å². The Labute approximate surface area is 172 Å². The highest BCUT2D eigenvalue weighted by Crippen LogP contribution is 2.19. The van der Waals surface area contributed by atoms with Crippen LogP contribution in [0.5, 0.6) is 5.75 Å². The van der Waals surface area contributed by atoms with Crippen molar-refractivity contribution in [3.05, 3.63) is 71.9 Å². The Morgan fingerprint density at radius 2 is 1.83 bits per heavy atom. The van der Waals surface area contributed by atoms with Crippen LogP contribution in [0.15, 0.2) is 60.8 Å². The van der Waals surface area contributed by atoms with E-state index in [0.717, 1.165) is 29.8 Å². The van der Waals surface area contributed by atoms with E-state index in [1.165, 1.54) is 5.56 Å². The first-order chi connectivity index (χ1) is 14.0. The number of anilines is 1. The zero-order valence-electron chi connectivity index (χ0n) is 17.0. The largest absolute Gasteiger partial charge is 0.508 e. The van der Waals surface area contributed by atoms with Gasteiger partial charge in [0, 0.05) is 36.9 Å². The summed E-state index contributed by atoms with van der Waals surface area (Å²) >= 11 is 0. The lowest BCUT2D eigenvalue weighted by Gasteiger charge is -2.17. The number of nitrogens with zero attached hydrogens (tertiary/aromatic N) is 2. The number of phenolic OH excluding ortho intramolecular Hbond substituents is 1. The zero-order valence-corrected chi connectivity index (χ0v) is 17.0. The van der Waals surface area contributed by atoms with Crippen LogP contribution in [0.4, 0.5) is 5.95 Å². The summed E-state index contributed by atoms with van der Waals surface area (Å²) in [5.41, 5.74) is 10.2. The summed E-state index contributed by atoms with van der Waals surface area (Å²) in [5, 5.41) is 16.1. The number of rotatable bonds is 9. The highest BCUT2D eigenvalue weighted by Gasteiger charge is 2.07. The lowest BCUT2D eigenvalue weighted by Crippen LogP contribution is -2.40. The summed E-state index contributed by atoms with van der Waals surface area (Å²) in [4.78, 5) is 8.97. The molecule has 0 saturated heterocycles. The van der Waals surface area contributed by atoms with Crippen LogP contribution >= 0.6 is 0 Å². The number of nitrogens with one attached hydrogen (secondary N) is 2. The molecule has 1 heterocycles. The first kappa shape index (κ1) is 20.8. The molecule has 0 saturated carbocycles. The SMILES string of the molecule is CC(N)C(C)NCc1cccc(-c2ccnc(NCCc3ccc(O)cc3)n2)c1. The molecule has 152 valence electrons. The second-order valence-electron chi connectivity index (χ2n) is 7.34. The number of nitrogens with two attached hydrogens (primary N) is 1. The minimum atomic E-state index is 0.107. The van der Waals surface area contributed by atoms with Gasteiger partial charge in [-0.3, -0.25) is 0 Å². The van der Waals surface area contributed by atoms with Gasteiger partial charge >= 0.3 is 0 Å². The van der Waals surface area contributed by atoms with Gasteiger partial charge in [0.1, 0.15) is 5.75 Å². The van der Waals surface area contributed by atoms with Gasteiger partial charge in [0.05, 0.1) is 5.69 Å². The molecule has 0 fully saturated rings. The monoisotopic (exact) mass is 391 g/mol. The minimum Gasteiger partial charge on any atom is -0.508 e. The molecular weight excluding hydrogens is 362 g/mol. The van der Waals surface area contributed by atoms with Gasteiger partial charge < -0.3 is 21.5 Å². The summed E-state index contributed by atoms with van der Waals surface area (Å²) in [6, 6.07) is 17.8. The third kappa shape index (κ3) is 6.27. The second kappa shape index (κ2) is 10.0. The molecule has 6 nitrogen and oxygen atoms in total. The fraction of sp³-hybridized carbons (Fsp3) is 0.304. The van der Waals surface area contributed by atoms with Crippen LogP contribution in [0.3, 0.4) is 0 Å². The average Bonchev–Trinajstić information content (AvgIpc) is 2.74. The van der Waals surface area contributed by atoms with Crippen molar-refractivity contribution in [3.8, 4) is 17.0 Å².